The molecule has 4 rings (SSSR count). The molecule has 1 N–H and O–H groups in total. The van der Waals surface area contributed by atoms with E-state index in [9.17, 15) is 4.39 Å². The van der Waals surface area contributed by atoms with E-state index in [0.29, 0.717) is 23.4 Å². The second-order valence-electron chi connectivity index (χ2n) is 6.85. The number of halogens is 2. The summed E-state index contributed by atoms with van der Waals surface area (Å²) in [5, 5.41) is 3.92. The highest BCUT2D eigenvalue weighted by Gasteiger charge is 2.19. The summed E-state index contributed by atoms with van der Waals surface area (Å²) < 4.78 is 20.3. The van der Waals surface area contributed by atoms with Crippen LogP contribution in [0.25, 0.3) is 10.2 Å². The number of hydrogen-bond donors (Lipinski definition) is 1. The molecule has 0 amide bonds. The lowest BCUT2D eigenvalue weighted by Gasteiger charge is -2.29. The zero-order chi connectivity index (χ0) is 18.8. The first kappa shape index (κ1) is 18.4. The van der Waals surface area contributed by atoms with Gasteiger partial charge in [0.15, 0.2) is 0 Å². The van der Waals surface area contributed by atoms with Crippen molar-refractivity contribution in [1.82, 2.24) is 14.9 Å². The van der Waals surface area contributed by atoms with Crippen molar-refractivity contribution in [3.05, 3.63) is 41.4 Å². The molecular formula is C19H20ClFN4OS. The van der Waals surface area contributed by atoms with Crippen LogP contribution in [0.4, 0.5) is 15.8 Å². The number of thiazole rings is 1. The number of fused-ring (bicyclic) bond motifs is 1. The third kappa shape index (κ3) is 4.31. The summed E-state index contributed by atoms with van der Waals surface area (Å²) in [5.41, 5.74) is 2.20. The Balaban J connectivity index is 1.50. The fourth-order valence-corrected chi connectivity index (χ4v) is 4.31. The molecule has 0 aliphatic carbocycles. The van der Waals surface area contributed by atoms with Crippen molar-refractivity contribution in [2.24, 2.45) is 5.92 Å². The summed E-state index contributed by atoms with van der Waals surface area (Å²) in [4.78, 5) is 11.2. The Kier molecular flexibility index (Phi) is 5.43. The molecule has 8 heteroatoms. The number of pyridine rings is 1. The van der Waals surface area contributed by atoms with Crippen molar-refractivity contribution < 1.29 is 9.13 Å². The van der Waals surface area contributed by atoms with Crippen LogP contribution in [0.5, 0.6) is 5.19 Å². The Morgan fingerprint density at radius 2 is 2.30 bits per heavy atom. The fourth-order valence-electron chi connectivity index (χ4n) is 3.31. The largest absolute Gasteiger partial charge is 0.470 e. The van der Waals surface area contributed by atoms with Gasteiger partial charge in [-0.2, -0.15) is 0 Å². The van der Waals surface area contributed by atoms with E-state index < -0.39 is 5.82 Å². The van der Waals surface area contributed by atoms with Crippen molar-refractivity contribution >= 4 is 44.5 Å². The molecule has 142 valence electrons. The molecule has 1 saturated heterocycles. The van der Waals surface area contributed by atoms with Crippen LogP contribution in [0, 0.1) is 11.7 Å². The average Bonchev–Trinajstić information content (AvgIpc) is 3.07. The normalized spacial score (nSPS) is 18.0. The molecule has 0 bridgehead atoms. The van der Waals surface area contributed by atoms with Crippen LogP contribution in [0.15, 0.2) is 30.6 Å². The second-order valence-corrected chi connectivity index (χ2v) is 8.25. The molecular weight excluding hydrogens is 387 g/mol. The van der Waals surface area contributed by atoms with Gasteiger partial charge in [0, 0.05) is 24.3 Å². The molecule has 0 spiro atoms. The smallest absolute Gasteiger partial charge is 0.274 e. The number of ether oxygens (including phenoxy) is 1. The highest BCUT2D eigenvalue weighted by Crippen LogP contribution is 2.34. The van der Waals surface area contributed by atoms with Gasteiger partial charge in [-0.05, 0) is 44.6 Å². The SMILES string of the molecule is CN1CCCC(COc2nc3c(Nc4ccc(F)c(Cl)c4)cncc3s2)C1. The van der Waals surface area contributed by atoms with Gasteiger partial charge >= 0.3 is 0 Å². The van der Waals surface area contributed by atoms with Crippen molar-refractivity contribution in [3.63, 3.8) is 0 Å². The molecule has 1 aromatic carbocycles. The van der Waals surface area contributed by atoms with Crippen LogP contribution in [0.2, 0.25) is 5.02 Å². The minimum absolute atomic E-state index is 0.0693. The Morgan fingerprint density at radius 1 is 1.41 bits per heavy atom. The summed E-state index contributed by atoms with van der Waals surface area (Å²) in [6, 6.07) is 4.50. The van der Waals surface area contributed by atoms with Gasteiger partial charge in [-0.3, -0.25) is 4.98 Å². The third-order valence-corrected chi connectivity index (χ3v) is 5.84. The molecule has 0 radical (unpaired) electrons. The number of aromatic nitrogens is 2. The van der Waals surface area contributed by atoms with Gasteiger partial charge in [0.05, 0.1) is 28.2 Å². The standard InChI is InChI=1S/C19H20ClFN4OS/c1-25-6-2-3-12(10-25)11-26-19-24-18-16(8-22-9-17(18)27-19)23-13-4-5-15(21)14(20)7-13/h4-5,7-9,12,23H,2-3,6,10-11H2,1H3. The molecule has 5 nitrogen and oxygen atoms in total. The number of piperidine rings is 1. The van der Waals surface area contributed by atoms with E-state index >= 15 is 0 Å². The van der Waals surface area contributed by atoms with Crippen LogP contribution >= 0.6 is 22.9 Å². The lowest BCUT2D eigenvalue weighted by molar-refractivity contribution is 0.150. The number of nitrogens with one attached hydrogen (secondary N) is 1. The molecule has 0 saturated carbocycles. The molecule has 1 aliphatic rings. The number of anilines is 2. The van der Waals surface area contributed by atoms with Gasteiger partial charge in [-0.15, -0.1) is 0 Å². The predicted molar refractivity (Wildman–Crippen MR) is 108 cm³/mol. The maximum absolute atomic E-state index is 13.4. The van der Waals surface area contributed by atoms with Gasteiger partial charge in [-0.25, -0.2) is 9.37 Å². The number of rotatable bonds is 5. The van der Waals surface area contributed by atoms with E-state index in [1.165, 1.54) is 30.2 Å². The monoisotopic (exact) mass is 406 g/mol. The lowest BCUT2D eigenvalue weighted by Crippen LogP contribution is -2.34. The predicted octanol–water partition coefficient (Wildman–Crippen LogP) is 4.95. The van der Waals surface area contributed by atoms with Crippen LogP contribution in [-0.2, 0) is 0 Å². The van der Waals surface area contributed by atoms with Crippen molar-refractivity contribution in [3.8, 4) is 5.19 Å². The lowest BCUT2D eigenvalue weighted by atomic mass is 10.00. The van der Waals surface area contributed by atoms with E-state index in [0.717, 1.165) is 29.0 Å². The summed E-state index contributed by atoms with van der Waals surface area (Å²) in [6.07, 6.45) is 5.87. The topological polar surface area (TPSA) is 50.3 Å². The van der Waals surface area contributed by atoms with Crippen molar-refractivity contribution in [1.29, 1.82) is 0 Å². The number of likely N-dealkylation sites (tertiary alicyclic amines) is 1. The Bertz CT molecular complexity index is 951. The van der Waals surface area contributed by atoms with Gasteiger partial charge < -0.3 is 15.0 Å². The molecule has 27 heavy (non-hydrogen) atoms. The summed E-state index contributed by atoms with van der Waals surface area (Å²) >= 11 is 7.34. The number of hydrogen-bond acceptors (Lipinski definition) is 6. The minimum atomic E-state index is -0.448. The van der Waals surface area contributed by atoms with Crippen LogP contribution in [-0.4, -0.2) is 41.6 Å². The molecule has 3 aromatic rings. The maximum atomic E-state index is 13.4. The molecule has 1 unspecified atom stereocenters. The van der Waals surface area contributed by atoms with E-state index in [2.05, 4.69) is 27.2 Å². The average molecular weight is 407 g/mol. The Morgan fingerprint density at radius 3 is 3.11 bits per heavy atom. The van der Waals surface area contributed by atoms with E-state index in [1.807, 2.05) is 0 Å². The number of nitrogens with zero attached hydrogens (tertiary/aromatic N) is 3. The van der Waals surface area contributed by atoms with Gasteiger partial charge in [0.25, 0.3) is 5.19 Å². The third-order valence-electron chi connectivity index (χ3n) is 4.65. The molecule has 1 aliphatic heterocycles. The molecule has 3 heterocycles. The first-order chi connectivity index (χ1) is 13.1. The van der Waals surface area contributed by atoms with Gasteiger partial charge in [0.2, 0.25) is 0 Å². The fraction of sp³-hybridized carbons (Fsp3) is 0.368. The van der Waals surface area contributed by atoms with Crippen LogP contribution in [0.3, 0.4) is 0 Å². The van der Waals surface area contributed by atoms with Crippen molar-refractivity contribution in [2.45, 2.75) is 12.8 Å². The highest BCUT2D eigenvalue weighted by molar-refractivity contribution is 7.20. The van der Waals surface area contributed by atoms with E-state index in [1.54, 1.807) is 24.5 Å². The Hall–Kier alpha value is -1.96. The number of benzene rings is 1. The molecule has 1 atom stereocenters. The maximum Gasteiger partial charge on any atom is 0.274 e. The highest BCUT2D eigenvalue weighted by atomic mass is 35.5. The van der Waals surface area contributed by atoms with Crippen LogP contribution < -0.4 is 10.1 Å². The first-order valence-corrected chi connectivity index (χ1v) is 10.1. The summed E-state index contributed by atoms with van der Waals surface area (Å²) in [6.45, 7) is 2.89. The van der Waals surface area contributed by atoms with Gasteiger partial charge in [-0.1, -0.05) is 22.9 Å². The van der Waals surface area contributed by atoms with E-state index in [4.69, 9.17) is 16.3 Å². The van der Waals surface area contributed by atoms with Crippen LogP contribution in [0.1, 0.15) is 12.8 Å². The summed E-state index contributed by atoms with van der Waals surface area (Å²) in [5.74, 6) is 0.0871. The summed E-state index contributed by atoms with van der Waals surface area (Å²) in [7, 11) is 2.15. The minimum Gasteiger partial charge on any atom is -0.470 e. The Labute approximate surface area is 166 Å². The first-order valence-electron chi connectivity index (χ1n) is 8.86. The zero-order valence-electron chi connectivity index (χ0n) is 14.9. The zero-order valence-corrected chi connectivity index (χ0v) is 16.5. The molecule has 2 aromatic heterocycles. The molecule has 1 fully saturated rings. The second kappa shape index (κ2) is 7.96. The van der Waals surface area contributed by atoms with E-state index in [-0.39, 0.29) is 5.02 Å². The van der Waals surface area contributed by atoms with Crippen molar-refractivity contribution in [2.75, 3.05) is 32.1 Å². The quantitative estimate of drug-likeness (QED) is 0.649. The van der Waals surface area contributed by atoms with Gasteiger partial charge in [0.1, 0.15) is 11.3 Å².